The summed E-state index contributed by atoms with van der Waals surface area (Å²) in [5.41, 5.74) is 5.74. The van der Waals surface area contributed by atoms with Crippen molar-refractivity contribution in [3.8, 4) is 16.8 Å². The number of carbonyl (C=O) groups is 1. The molecule has 0 saturated heterocycles. The maximum absolute atomic E-state index is 12.9. The van der Waals surface area contributed by atoms with E-state index in [1.54, 1.807) is 6.07 Å². The SMILES string of the molecule is Cc1nn(-c2ccc(CCN(C(=O)O)S(=O)(=O)c3ccccc3Cl)cc2)c(C)c1-c1ccccc1. The van der Waals surface area contributed by atoms with Crippen LogP contribution in [0.3, 0.4) is 0 Å². The van der Waals surface area contributed by atoms with Crippen molar-refractivity contribution in [3.63, 3.8) is 0 Å². The Morgan fingerprint density at radius 3 is 2.23 bits per heavy atom. The molecule has 0 bridgehead atoms. The highest BCUT2D eigenvalue weighted by Gasteiger charge is 2.30. The van der Waals surface area contributed by atoms with Crippen LogP contribution in [-0.2, 0) is 16.4 Å². The number of aryl methyl sites for hydroxylation is 1. The molecule has 1 amide bonds. The van der Waals surface area contributed by atoms with Crippen LogP contribution in [0.2, 0.25) is 5.02 Å². The lowest BCUT2D eigenvalue weighted by Gasteiger charge is -2.20. The van der Waals surface area contributed by atoms with Gasteiger partial charge >= 0.3 is 6.09 Å². The molecular weight excluding hydrogens is 486 g/mol. The summed E-state index contributed by atoms with van der Waals surface area (Å²) >= 11 is 6.01. The molecule has 9 heteroatoms. The number of hydrogen-bond acceptors (Lipinski definition) is 4. The molecule has 1 aromatic heterocycles. The van der Waals surface area contributed by atoms with Crippen molar-refractivity contribution >= 4 is 27.7 Å². The van der Waals surface area contributed by atoms with Gasteiger partial charge in [-0.1, -0.05) is 66.2 Å². The normalized spacial score (nSPS) is 11.4. The van der Waals surface area contributed by atoms with E-state index < -0.39 is 16.1 Å². The van der Waals surface area contributed by atoms with Crippen LogP contribution in [0, 0.1) is 13.8 Å². The summed E-state index contributed by atoms with van der Waals surface area (Å²) in [6, 6.07) is 23.3. The topological polar surface area (TPSA) is 92.5 Å². The Morgan fingerprint density at radius 2 is 1.60 bits per heavy atom. The fourth-order valence-corrected chi connectivity index (χ4v) is 5.81. The van der Waals surface area contributed by atoms with Crippen LogP contribution in [0.1, 0.15) is 17.0 Å². The van der Waals surface area contributed by atoms with Crippen molar-refractivity contribution in [1.82, 2.24) is 14.1 Å². The van der Waals surface area contributed by atoms with Crippen molar-refractivity contribution in [2.24, 2.45) is 0 Å². The van der Waals surface area contributed by atoms with E-state index in [9.17, 15) is 18.3 Å². The molecule has 0 aliphatic heterocycles. The van der Waals surface area contributed by atoms with Crippen LogP contribution < -0.4 is 0 Å². The molecular formula is C26H24ClN3O4S. The van der Waals surface area contributed by atoms with E-state index in [0.29, 0.717) is 4.31 Å². The molecule has 4 rings (SSSR count). The number of hydrogen-bond donors (Lipinski definition) is 1. The second-order valence-electron chi connectivity index (χ2n) is 8.03. The number of rotatable bonds is 7. The third-order valence-electron chi connectivity index (χ3n) is 5.76. The number of sulfonamides is 1. The van der Waals surface area contributed by atoms with E-state index >= 15 is 0 Å². The highest BCUT2D eigenvalue weighted by Crippen LogP contribution is 2.29. The van der Waals surface area contributed by atoms with Crippen molar-refractivity contribution in [2.75, 3.05) is 6.54 Å². The van der Waals surface area contributed by atoms with Gasteiger partial charge in [0.05, 0.1) is 16.4 Å². The predicted octanol–water partition coefficient (Wildman–Crippen LogP) is 5.72. The second kappa shape index (κ2) is 9.93. The molecule has 0 atom stereocenters. The fourth-order valence-electron chi connectivity index (χ4n) is 4.04. The monoisotopic (exact) mass is 509 g/mol. The van der Waals surface area contributed by atoms with Gasteiger partial charge in [0, 0.05) is 17.8 Å². The summed E-state index contributed by atoms with van der Waals surface area (Å²) in [6.45, 7) is 3.75. The van der Waals surface area contributed by atoms with Crippen molar-refractivity contribution < 1.29 is 18.3 Å². The molecule has 0 radical (unpaired) electrons. The first kappa shape index (κ1) is 24.5. The molecule has 1 heterocycles. The Balaban J connectivity index is 1.54. The summed E-state index contributed by atoms with van der Waals surface area (Å²) in [7, 11) is -4.30. The third kappa shape index (κ3) is 4.94. The number of nitrogens with zero attached hydrogens (tertiary/aromatic N) is 3. The standard InChI is InChI=1S/C26H24ClN3O4S/c1-18-25(21-8-4-3-5-9-21)19(2)30(28-18)22-14-12-20(13-15-22)16-17-29(26(31)32)35(33,34)24-11-7-6-10-23(24)27/h3-15H,16-17H2,1-2H3,(H,31,32). The highest BCUT2D eigenvalue weighted by molar-refractivity contribution is 7.89. The average molecular weight is 510 g/mol. The quantitative estimate of drug-likeness (QED) is 0.344. The lowest BCUT2D eigenvalue weighted by molar-refractivity contribution is 0.172. The highest BCUT2D eigenvalue weighted by atomic mass is 35.5. The summed E-state index contributed by atoms with van der Waals surface area (Å²) in [5.74, 6) is 0. The van der Waals surface area contributed by atoms with Gasteiger partial charge in [0.1, 0.15) is 4.90 Å². The first-order chi connectivity index (χ1) is 16.7. The third-order valence-corrected chi connectivity index (χ3v) is 8.03. The molecule has 4 aromatic rings. The maximum Gasteiger partial charge on any atom is 0.421 e. The zero-order valence-corrected chi connectivity index (χ0v) is 20.8. The van der Waals surface area contributed by atoms with Crippen LogP contribution in [0.4, 0.5) is 4.79 Å². The van der Waals surface area contributed by atoms with Crippen LogP contribution in [0.5, 0.6) is 0 Å². The van der Waals surface area contributed by atoms with E-state index in [0.717, 1.165) is 33.8 Å². The second-order valence-corrected chi connectivity index (χ2v) is 10.3. The van der Waals surface area contributed by atoms with Crippen molar-refractivity contribution in [1.29, 1.82) is 0 Å². The molecule has 0 fully saturated rings. The van der Waals surface area contributed by atoms with Gasteiger partial charge in [-0.25, -0.2) is 22.2 Å². The molecule has 0 spiro atoms. The van der Waals surface area contributed by atoms with E-state index in [1.807, 2.05) is 61.0 Å². The van der Waals surface area contributed by atoms with Gasteiger partial charge in [-0.2, -0.15) is 5.10 Å². The zero-order chi connectivity index (χ0) is 25.2. The van der Waals surface area contributed by atoms with Gasteiger partial charge in [0.25, 0.3) is 10.0 Å². The first-order valence-electron chi connectivity index (χ1n) is 10.9. The number of halogens is 1. The molecule has 35 heavy (non-hydrogen) atoms. The molecule has 0 aliphatic carbocycles. The molecule has 0 aliphatic rings. The molecule has 1 N–H and O–H groups in total. The van der Waals surface area contributed by atoms with E-state index in [2.05, 4.69) is 12.1 Å². The molecule has 180 valence electrons. The van der Waals surface area contributed by atoms with Crippen molar-refractivity contribution in [2.45, 2.75) is 25.2 Å². The smallest absolute Gasteiger partial charge is 0.421 e. The number of aromatic nitrogens is 2. The summed E-state index contributed by atoms with van der Waals surface area (Å²) in [5, 5.41) is 14.2. The number of amides is 1. The van der Waals surface area contributed by atoms with E-state index in [-0.39, 0.29) is 22.9 Å². The largest absolute Gasteiger partial charge is 0.464 e. The van der Waals surface area contributed by atoms with Gasteiger partial charge < -0.3 is 5.11 Å². The van der Waals surface area contributed by atoms with Crippen LogP contribution >= 0.6 is 11.6 Å². The Morgan fingerprint density at radius 1 is 0.971 bits per heavy atom. The van der Waals surface area contributed by atoms with Gasteiger partial charge in [-0.15, -0.1) is 0 Å². The Kier molecular flexibility index (Phi) is 6.95. The van der Waals surface area contributed by atoms with Crippen molar-refractivity contribution in [3.05, 3.63) is 101 Å². The number of benzene rings is 3. The minimum Gasteiger partial charge on any atom is -0.464 e. The number of carboxylic acid groups (broad SMARTS) is 1. The van der Waals surface area contributed by atoms with Crippen LogP contribution in [-0.4, -0.2) is 40.2 Å². The van der Waals surface area contributed by atoms with Gasteiger partial charge in [0.2, 0.25) is 0 Å². The Hall–Kier alpha value is -3.62. The van der Waals surface area contributed by atoms with Crippen LogP contribution in [0.25, 0.3) is 16.8 Å². The minimum atomic E-state index is -4.30. The summed E-state index contributed by atoms with van der Waals surface area (Å²) in [6.07, 6.45) is -1.35. The maximum atomic E-state index is 12.9. The van der Waals surface area contributed by atoms with Gasteiger partial charge in [-0.05, 0) is 55.7 Å². The summed E-state index contributed by atoms with van der Waals surface area (Å²) < 4.78 is 28.1. The lowest BCUT2D eigenvalue weighted by atomic mass is 10.0. The average Bonchev–Trinajstić information content (AvgIpc) is 3.13. The molecule has 7 nitrogen and oxygen atoms in total. The zero-order valence-electron chi connectivity index (χ0n) is 19.2. The Labute approximate surface area is 209 Å². The lowest BCUT2D eigenvalue weighted by Crippen LogP contribution is -2.37. The minimum absolute atomic E-state index is 0.0251. The molecule has 3 aromatic carbocycles. The summed E-state index contributed by atoms with van der Waals surface area (Å²) in [4.78, 5) is 11.5. The van der Waals surface area contributed by atoms with Crippen LogP contribution in [0.15, 0.2) is 83.8 Å². The fraction of sp³-hybridized carbons (Fsp3) is 0.154. The predicted molar refractivity (Wildman–Crippen MR) is 136 cm³/mol. The molecule has 0 saturated carbocycles. The van der Waals surface area contributed by atoms with Gasteiger partial charge in [-0.3, -0.25) is 0 Å². The van der Waals surface area contributed by atoms with Gasteiger partial charge in [0.15, 0.2) is 0 Å². The first-order valence-corrected chi connectivity index (χ1v) is 12.7. The Bertz CT molecular complexity index is 1470. The van der Waals surface area contributed by atoms with E-state index in [1.165, 1.54) is 18.2 Å². The molecule has 0 unspecified atom stereocenters. The van der Waals surface area contributed by atoms with E-state index in [4.69, 9.17) is 16.7 Å².